The van der Waals surface area contributed by atoms with E-state index >= 15 is 0 Å². The van der Waals surface area contributed by atoms with Crippen LogP contribution >= 0.6 is 15.9 Å². The molecule has 0 saturated heterocycles. The molecule has 3 N–H and O–H groups in total. The first-order valence-electron chi connectivity index (χ1n) is 3.94. The number of hydrogen-bond acceptors (Lipinski definition) is 2. The van der Waals surface area contributed by atoms with Gasteiger partial charge in [-0.25, -0.2) is 4.39 Å². The molecule has 1 aromatic rings. The lowest BCUT2D eigenvalue weighted by molar-refractivity contribution is 0.421. The second-order valence-electron chi connectivity index (χ2n) is 2.93. The number of hydrogen-bond donors (Lipinski definition) is 2. The van der Waals surface area contributed by atoms with Gasteiger partial charge in [0.05, 0.1) is 0 Å². The van der Waals surface area contributed by atoms with E-state index in [1.54, 1.807) is 6.07 Å². The van der Waals surface area contributed by atoms with Crippen molar-refractivity contribution in [3.8, 4) is 5.75 Å². The zero-order chi connectivity index (χ0) is 10.0. The van der Waals surface area contributed by atoms with Crippen LogP contribution in [-0.2, 0) is 0 Å². The standard InChI is InChI=1S/C9H11BrFNO/c1-5(4-12)8-6(10)2-3-7(11)9(8)13/h2-3,5,13H,4,12H2,1H3. The van der Waals surface area contributed by atoms with Gasteiger partial charge in [-0.2, -0.15) is 0 Å². The second-order valence-corrected chi connectivity index (χ2v) is 3.78. The fraction of sp³-hybridized carbons (Fsp3) is 0.333. The summed E-state index contributed by atoms with van der Waals surface area (Å²) in [5.74, 6) is -0.990. The lowest BCUT2D eigenvalue weighted by atomic mass is 10.0. The van der Waals surface area contributed by atoms with E-state index in [9.17, 15) is 9.50 Å². The summed E-state index contributed by atoms with van der Waals surface area (Å²) in [5, 5.41) is 9.42. The molecule has 0 bridgehead atoms. The van der Waals surface area contributed by atoms with Gasteiger partial charge in [-0.05, 0) is 24.6 Å². The minimum atomic E-state index is -0.612. The van der Waals surface area contributed by atoms with Crippen molar-refractivity contribution in [2.75, 3.05) is 6.54 Å². The van der Waals surface area contributed by atoms with E-state index in [1.807, 2.05) is 6.92 Å². The Morgan fingerprint density at radius 1 is 1.62 bits per heavy atom. The van der Waals surface area contributed by atoms with E-state index in [-0.39, 0.29) is 11.7 Å². The number of rotatable bonds is 2. The third-order valence-electron chi connectivity index (χ3n) is 1.96. The first-order chi connectivity index (χ1) is 6.07. The number of nitrogens with two attached hydrogens (primary N) is 1. The molecule has 1 atom stereocenters. The SMILES string of the molecule is CC(CN)c1c(Br)ccc(F)c1O. The highest BCUT2D eigenvalue weighted by Crippen LogP contribution is 2.34. The van der Waals surface area contributed by atoms with Crippen molar-refractivity contribution in [2.24, 2.45) is 5.73 Å². The number of aromatic hydroxyl groups is 1. The number of halogens is 2. The fourth-order valence-electron chi connectivity index (χ4n) is 1.14. The largest absolute Gasteiger partial charge is 0.505 e. The normalized spacial score (nSPS) is 12.9. The topological polar surface area (TPSA) is 46.2 Å². The summed E-state index contributed by atoms with van der Waals surface area (Å²) >= 11 is 3.24. The van der Waals surface area contributed by atoms with E-state index in [0.717, 1.165) is 0 Å². The molecule has 0 heterocycles. The number of benzene rings is 1. The molecular weight excluding hydrogens is 237 g/mol. The first-order valence-corrected chi connectivity index (χ1v) is 4.74. The summed E-state index contributed by atoms with van der Waals surface area (Å²) in [6, 6.07) is 2.78. The van der Waals surface area contributed by atoms with Crippen molar-refractivity contribution in [2.45, 2.75) is 12.8 Å². The van der Waals surface area contributed by atoms with Crippen molar-refractivity contribution >= 4 is 15.9 Å². The van der Waals surface area contributed by atoms with Crippen LogP contribution in [0.15, 0.2) is 16.6 Å². The maximum Gasteiger partial charge on any atom is 0.165 e. The Morgan fingerprint density at radius 2 is 2.23 bits per heavy atom. The van der Waals surface area contributed by atoms with Crippen molar-refractivity contribution < 1.29 is 9.50 Å². The van der Waals surface area contributed by atoms with Gasteiger partial charge in [0.15, 0.2) is 11.6 Å². The van der Waals surface area contributed by atoms with Crippen LogP contribution in [0.5, 0.6) is 5.75 Å². The van der Waals surface area contributed by atoms with Crippen molar-refractivity contribution in [1.29, 1.82) is 0 Å². The summed E-state index contributed by atoms with van der Waals surface area (Å²) < 4.78 is 13.6. The fourth-order valence-corrected chi connectivity index (χ4v) is 1.85. The molecule has 1 aromatic carbocycles. The summed E-state index contributed by atoms with van der Waals surface area (Å²) in [6.45, 7) is 2.20. The number of phenolic OH excluding ortho intramolecular Hbond substituents is 1. The molecule has 0 fully saturated rings. The highest BCUT2D eigenvalue weighted by atomic mass is 79.9. The minimum absolute atomic E-state index is 0.0647. The second kappa shape index (κ2) is 4.07. The third-order valence-corrected chi connectivity index (χ3v) is 2.65. The molecule has 0 radical (unpaired) electrons. The van der Waals surface area contributed by atoms with Crippen LogP contribution in [0.25, 0.3) is 0 Å². The third kappa shape index (κ3) is 2.00. The molecule has 13 heavy (non-hydrogen) atoms. The Labute approximate surface area is 84.7 Å². The van der Waals surface area contributed by atoms with Gasteiger partial charge >= 0.3 is 0 Å². The van der Waals surface area contributed by atoms with Crippen LogP contribution in [0, 0.1) is 5.82 Å². The predicted molar refractivity (Wildman–Crippen MR) is 53.2 cm³/mol. The average molecular weight is 248 g/mol. The van der Waals surface area contributed by atoms with Gasteiger partial charge in [0.25, 0.3) is 0 Å². The molecule has 0 spiro atoms. The molecule has 0 aliphatic carbocycles. The van der Waals surface area contributed by atoms with Crippen LogP contribution in [0.1, 0.15) is 18.4 Å². The Hall–Kier alpha value is -0.610. The molecule has 0 aromatic heterocycles. The van der Waals surface area contributed by atoms with Gasteiger partial charge in [0, 0.05) is 10.0 Å². The lowest BCUT2D eigenvalue weighted by Crippen LogP contribution is -2.10. The summed E-state index contributed by atoms with van der Waals surface area (Å²) in [4.78, 5) is 0. The summed E-state index contributed by atoms with van der Waals surface area (Å²) in [6.07, 6.45) is 0. The smallest absolute Gasteiger partial charge is 0.165 e. The first kappa shape index (κ1) is 10.5. The zero-order valence-corrected chi connectivity index (χ0v) is 8.81. The van der Waals surface area contributed by atoms with E-state index in [1.165, 1.54) is 6.07 Å². The molecule has 0 amide bonds. The Balaban J connectivity index is 3.25. The average Bonchev–Trinajstić information content (AvgIpc) is 2.12. The van der Waals surface area contributed by atoms with Crippen LogP contribution in [0.2, 0.25) is 0 Å². The molecule has 0 aliphatic rings. The summed E-state index contributed by atoms with van der Waals surface area (Å²) in [5.41, 5.74) is 5.97. The van der Waals surface area contributed by atoms with Crippen LogP contribution in [-0.4, -0.2) is 11.7 Å². The Bertz CT molecular complexity index is 317. The predicted octanol–water partition coefficient (Wildman–Crippen LogP) is 2.36. The molecule has 0 aliphatic heterocycles. The van der Waals surface area contributed by atoms with Gasteiger partial charge in [-0.1, -0.05) is 22.9 Å². The van der Waals surface area contributed by atoms with E-state index < -0.39 is 5.82 Å². The molecule has 0 saturated carbocycles. The van der Waals surface area contributed by atoms with Crippen LogP contribution in [0.4, 0.5) is 4.39 Å². The summed E-state index contributed by atoms with van der Waals surface area (Å²) in [7, 11) is 0. The highest BCUT2D eigenvalue weighted by Gasteiger charge is 2.15. The van der Waals surface area contributed by atoms with Gasteiger partial charge in [-0.3, -0.25) is 0 Å². The Morgan fingerprint density at radius 3 is 2.77 bits per heavy atom. The van der Waals surface area contributed by atoms with Crippen LogP contribution in [0.3, 0.4) is 0 Å². The monoisotopic (exact) mass is 247 g/mol. The van der Waals surface area contributed by atoms with Gasteiger partial charge in [-0.15, -0.1) is 0 Å². The van der Waals surface area contributed by atoms with Crippen molar-refractivity contribution in [1.82, 2.24) is 0 Å². The Kier molecular flexibility index (Phi) is 3.27. The number of phenols is 1. The quantitative estimate of drug-likeness (QED) is 0.843. The molecule has 1 rings (SSSR count). The maximum absolute atomic E-state index is 12.9. The van der Waals surface area contributed by atoms with E-state index in [0.29, 0.717) is 16.6 Å². The molecule has 72 valence electrons. The molecule has 1 unspecified atom stereocenters. The molecule has 4 heteroatoms. The van der Waals surface area contributed by atoms with E-state index in [4.69, 9.17) is 5.73 Å². The highest BCUT2D eigenvalue weighted by molar-refractivity contribution is 9.10. The lowest BCUT2D eigenvalue weighted by Gasteiger charge is -2.13. The van der Waals surface area contributed by atoms with Crippen molar-refractivity contribution in [3.63, 3.8) is 0 Å². The van der Waals surface area contributed by atoms with Gasteiger partial charge in [0.2, 0.25) is 0 Å². The minimum Gasteiger partial charge on any atom is -0.505 e. The maximum atomic E-state index is 12.9. The van der Waals surface area contributed by atoms with Gasteiger partial charge < -0.3 is 10.8 Å². The van der Waals surface area contributed by atoms with Gasteiger partial charge in [0.1, 0.15) is 0 Å². The molecule has 2 nitrogen and oxygen atoms in total. The molecular formula is C9H11BrFNO. The zero-order valence-electron chi connectivity index (χ0n) is 7.22. The van der Waals surface area contributed by atoms with Crippen LogP contribution < -0.4 is 5.73 Å². The van der Waals surface area contributed by atoms with E-state index in [2.05, 4.69) is 15.9 Å². The van der Waals surface area contributed by atoms with Crippen molar-refractivity contribution in [3.05, 3.63) is 28.0 Å².